The van der Waals surface area contributed by atoms with E-state index in [0.29, 0.717) is 11.6 Å². The van der Waals surface area contributed by atoms with Gasteiger partial charge in [-0.2, -0.15) is 0 Å². The number of nitrogens with one attached hydrogen (secondary N) is 1. The van der Waals surface area contributed by atoms with Crippen molar-refractivity contribution in [1.82, 2.24) is 10.2 Å². The fraction of sp³-hybridized carbons (Fsp3) is 1.00. The summed E-state index contributed by atoms with van der Waals surface area (Å²) in [4.78, 5) is 2.83. The van der Waals surface area contributed by atoms with Gasteiger partial charge >= 0.3 is 0 Å². The van der Waals surface area contributed by atoms with Crippen LogP contribution in [0.1, 0.15) is 53.4 Å². The van der Waals surface area contributed by atoms with Gasteiger partial charge in [0.15, 0.2) is 0 Å². The highest BCUT2D eigenvalue weighted by Crippen LogP contribution is 2.40. The molecule has 0 aromatic heterocycles. The average Bonchev–Trinajstić information content (AvgIpc) is 2.24. The summed E-state index contributed by atoms with van der Waals surface area (Å²) in [5.74, 6) is 0.766. The predicted molar refractivity (Wildman–Crippen MR) is 69.7 cm³/mol. The molecule has 0 aromatic rings. The average molecular weight is 224 g/mol. The van der Waals surface area contributed by atoms with Gasteiger partial charge in [0.1, 0.15) is 0 Å². The van der Waals surface area contributed by atoms with Crippen molar-refractivity contribution in [2.45, 2.75) is 71.0 Å². The Hall–Kier alpha value is -0.0800. The third kappa shape index (κ3) is 2.14. The molecule has 2 atom stereocenters. The Balaban J connectivity index is 2.08. The summed E-state index contributed by atoms with van der Waals surface area (Å²) in [6, 6.07) is 1.46. The van der Waals surface area contributed by atoms with E-state index in [0.717, 1.165) is 12.0 Å². The van der Waals surface area contributed by atoms with Crippen molar-refractivity contribution in [2.75, 3.05) is 13.1 Å². The first-order valence-electron chi connectivity index (χ1n) is 7.07. The van der Waals surface area contributed by atoms with E-state index in [2.05, 4.69) is 37.9 Å². The molecule has 1 aliphatic heterocycles. The van der Waals surface area contributed by atoms with Crippen LogP contribution < -0.4 is 5.32 Å². The van der Waals surface area contributed by atoms with Crippen LogP contribution in [0.25, 0.3) is 0 Å². The highest BCUT2D eigenvalue weighted by Gasteiger charge is 2.44. The monoisotopic (exact) mass is 224 g/mol. The minimum Gasteiger partial charge on any atom is -0.311 e. The van der Waals surface area contributed by atoms with E-state index in [4.69, 9.17) is 0 Å². The van der Waals surface area contributed by atoms with Crippen molar-refractivity contribution in [3.8, 4) is 0 Å². The molecule has 0 amide bonds. The molecule has 2 unspecified atom stereocenters. The first-order chi connectivity index (χ1) is 7.57. The van der Waals surface area contributed by atoms with Crippen LogP contribution in [0, 0.1) is 5.92 Å². The number of hydrogen-bond donors (Lipinski definition) is 1. The SMILES string of the molecule is CCC1CN(C2(C)CCC2)C(C(C)C)CN1. The Kier molecular flexibility index (Phi) is 3.60. The van der Waals surface area contributed by atoms with Crippen molar-refractivity contribution >= 4 is 0 Å². The molecular formula is C14H28N2. The van der Waals surface area contributed by atoms with Gasteiger partial charge in [-0.25, -0.2) is 0 Å². The fourth-order valence-corrected chi connectivity index (χ4v) is 3.30. The molecule has 0 spiro atoms. The van der Waals surface area contributed by atoms with Crippen LogP contribution in [0.5, 0.6) is 0 Å². The summed E-state index contributed by atoms with van der Waals surface area (Å²) >= 11 is 0. The molecule has 0 bridgehead atoms. The molecule has 1 aliphatic carbocycles. The first kappa shape index (κ1) is 12.4. The van der Waals surface area contributed by atoms with E-state index in [-0.39, 0.29) is 0 Å². The molecule has 2 nitrogen and oxygen atoms in total. The minimum atomic E-state index is 0.518. The lowest BCUT2D eigenvalue weighted by molar-refractivity contribution is -0.0430. The normalized spacial score (nSPS) is 35.1. The Bertz CT molecular complexity index is 233. The summed E-state index contributed by atoms with van der Waals surface area (Å²) in [7, 11) is 0. The highest BCUT2D eigenvalue weighted by molar-refractivity contribution is 5.01. The molecule has 1 saturated carbocycles. The molecule has 0 radical (unpaired) electrons. The topological polar surface area (TPSA) is 15.3 Å². The van der Waals surface area contributed by atoms with E-state index in [1.54, 1.807) is 0 Å². The van der Waals surface area contributed by atoms with Gasteiger partial charge in [-0.05, 0) is 38.5 Å². The summed E-state index contributed by atoms with van der Waals surface area (Å²) in [5.41, 5.74) is 0.518. The molecule has 2 fully saturated rings. The second-order valence-corrected chi connectivity index (χ2v) is 6.33. The first-order valence-corrected chi connectivity index (χ1v) is 7.07. The van der Waals surface area contributed by atoms with E-state index in [1.807, 2.05) is 0 Å². The Morgan fingerprint density at radius 2 is 2.06 bits per heavy atom. The quantitative estimate of drug-likeness (QED) is 0.793. The summed E-state index contributed by atoms with van der Waals surface area (Å²) < 4.78 is 0. The number of rotatable bonds is 3. The molecule has 1 saturated heterocycles. The van der Waals surface area contributed by atoms with Crippen molar-refractivity contribution in [1.29, 1.82) is 0 Å². The molecule has 1 N–H and O–H groups in total. The van der Waals surface area contributed by atoms with Gasteiger partial charge in [-0.3, -0.25) is 4.90 Å². The van der Waals surface area contributed by atoms with Crippen LogP contribution in [0.3, 0.4) is 0 Å². The maximum atomic E-state index is 3.71. The van der Waals surface area contributed by atoms with Gasteiger partial charge in [-0.15, -0.1) is 0 Å². The van der Waals surface area contributed by atoms with E-state index in [1.165, 1.54) is 38.8 Å². The zero-order valence-corrected chi connectivity index (χ0v) is 11.4. The molecule has 1 heterocycles. The van der Waals surface area contributed by atoms with E-state index in [9.17, 15) is 0 Å². The standard InChI is InChI=1S/C14H28N2/c1-5-12-10-16(14(4)7-6-8-14)13(9-15-12)11(2)3/h11-13,15H,5-10H2,1-4H3. The Morgan fingerprint density at radius 3 is 2.50 bits per heavy atom. The fourth-order valence-electron chi connectivity index (χ4n) is 3.30. The van der Waals surface area contributed by atoms with Crippen LogP contribution in [0.4, 0.5) is 0 Å². The van der Waals surface area contributed by atoms with Crippen molar-refractivity contribution in [3.05, 3.63) is 0 Å². The summed E-state index contributed by atoms with van der Waals surface area (Å²) in [6.45, 7) is 12.0. The van der Waals surface area contributed by atoms with Crippen molar-refractivity contribution < 1.29 is 0 Å². The zero-order valence-electron chi connectivity index (χ0n) is 11.4. The third-order valence-corrected chi connectivity index (χ3v) is 4.82. The van der Waals surface area contributed by atoms with Crippen molar-refractivity contribution in [3.63, 3.8) is 0 Å². The maximum Gasteiger partial charge on any atom is 0.0249 e. The number of piperazine rings is 1. The molecule has 2 rings (SSSR count). The second kappa shape index (κ2) is 4.66. The van der Waals surface area contributed by atoms with Gasteiger partial charge < -0.3 is 5.32 Å². The molecule has 2 aliphatic rings. The van der Waals surface area contributed by atoms with Gasteiger partial charge in [0.05, 0.1) is 0 Å². The zero-order chi connectivity index (χ0) is 11.8. The van der Waals surface area contributed by atoms with Crippen LogP contribution >= 0.6 is 0 Å². The molecule has 0 aromatic carbocycles. The largest absolute Gasteiger partial charge is 0.311 e. The number of nitrogens with zero attached hydrogens (tertiary/aromatic N) is 1. The van der Waals surface area contributed by atoms with Gasteiger partial charge in [0, 0.05) is 30.7 Å². The molecule has 16 heavy (non-hydrogen) atoms. The van der Waals surface area contributed by atoms with Gasteiger partial charge in [0.2, 0.25) is 0 Å². The maximum absolute atomic E-state index is 3.71. The van der Waals surface area contributed by atoms with Crippen LogP contribution in [0.2, 0.25) is 0 Å². The lowest BCUT2D eigenvalue weighted by atomic mass is 9.74. The number of hydrogen-bond acceptors (Lipinski definition) is 2. The highest BCUT2D eigenvalue weighted by atomic mass is 15.3. The Labute approximate surface area is 101 Å². The lowest BCUT2D eigenvalue weighted by Gasteiger charge is -2.56. The smallest absolute Gasteiger partial charge is 0.0249 e. The van der Waals surface area contributed by atoms with E-state index < -0.39 is 0 Å². The minimum absolute atomic E-state index is 0.518. The summed E-state index contributed by atoms with van der Waals surface area (Å²) in [5, 5.41) is 3.71. The molecular weight excluding hydrogens is 196 g/mol. The van der Waals surface area contributed by atoms with Crippen LogP contribution in [-0.4, -0.2) is 35.6 Å². The predicted octanol–water partition coefficient (Wildman–Crippen LogP) is 2.64. The molecule has 2 heteroatoms. The van der Waals surface area contributed by atoms with Crippen LogP contribution in [0.15, 0.2) is 0 Å². The second-order valence-electron chi connectivity index (χ2n) is 6.33. The summed E-state index contributed by atoms with van der Waals surface area (Å²) in [6.07, 6.45) is 5.51. The van der Waals surface area contributed by atoms with Crippen molar-refractivity contribution in [2.24, 2.45) is 5.92 Å². The van der Waals surface area contributed by atoms with Crippen LogP contribution in [-0.2, 0) is 0 Å². The Morgan fingerprint density at radius 1 is 1.38 bits per heavy atom. The third-order valence-electron chi connectivity index (χ3n) is 4.82. The van der Waals surface area contributed by atoms with E-state index >= 15 is 0 Å². The molecule has 94 valence electrons. The van der Waals surface area contributed by atoms with Gasteiger partial charge in [-0.1, -0.05) is 20.8 Å². The van der Waals surface area contributed by atoms with Gasteiger partial charge in [0.25, 0.3) is 0 Å². The lowest BCUT2D eigenvalue weighted by Crippen LogP contribution is -2.66.